The van der Waals surface area contributed by atoms with E-state index in [0.29, 0.717) is 22.9 Å². The van der Waals surface area contributed by atoms with Crippen molar-refractivity contribution in [3.8, 4) is 17.2 Å². The third-order valence-corrected chi connectivity index (χ3v) is 8.40. The zero-order chi connectivity index (χ0) is 26.4. The first-order chi connectivity index (χ1) is 17.6. The lowest BCUT2D eigenvalue weighted by Crippen LogP contribution is -2.55. The van der Waals surface area contributed by atoms with Crippen molar-refractivity contribution in [3.05, 3.63) is 77.9 Å². The Morgan fingerprint density at radius 1 is 1.00 bits per heavy atom. The van der Waals surface area contributed by atoms with Gasteiger partial charge in [0.15, 0.2) is 5.75 Å². The van der Waals surface area contributed by atoms with Gasteiger partial charge in [-0.1, -0.05) is 18.2 Å². The van der Waals surface area contributed by atoms with Gasteiger partial charge in [0.2, 0.25) is 10.0 Å². The summed E-state index contributed by atoms with van der Waals surface area (Å²) >= 11 is 0. The van der Waals surface area contributed by atoms with Crippen LogP contribution in [0.1, 0.15) is 18.1 Å². The molecule has 0 aliphatic carbocycles. The summed E-state index contributed by atoms with van der Waals surface area (Å²) in [4.78, 5) is 6.71. The lowest BCUT2D eigenvalue weighted by Gasteiger charge is -2.40. The number of piperazine rings is 1. The van der Waals surface area contributed by atoms with Crippen molar-refractivity contribution in [1.29, 1.82) is 0 Å². The largest absolute Gasteiger partial charge is 0.497 e. The second kappa shape index (κ2) is 9.38. The molecule has 2 aliphatic rings. The molecule has 11 heteroatoms. The number of benzene rings is 3. The molecule has 5 rings (SSSR count). The van der Waals surface area contributed by atoms with E-state index >= 15 is 0 Å². The number of methoxy groups -OCH3 is 1. The van der Waals surface area contributed by atoms with E-state index in [4.69, 9.17) is 9.47 Å². The number of halogens is 3. The molecular weight excluding hydrogens is 507 g/mol. The molecule has 0 radical (unpaired) electrons. The zero-order valence-corrected chi connectivity index (χ0v) is 20.9. The maximum absolute atomic E-state index is 13.4. The van der Waals surface area contributed by atoms with Crippen molar-refractivity contribution >= 4 is 21.5 Å². The molecule has 1 atom stereocenters. The highest BCUT2D eigenvalue weighted by molar-refractivity contribution is 7.89. The Morgan fingerprint density at radius 3 is 2.41 bits per heavy atom. The van der Waals surface area contributed by atoms with Crippen LogP contribution < -0.4 is 9.47 Å². The van der Waals surface area contributed by atoms with Gasteiger partial charge in [0, 0.05) is 25.7 Å². The van der Waals surface area contributed by atoms with E-state index < -0.39 is 27.8 Å². The molecule has 1 saturated heterocycles. The number of alkyl halides is 3. The van der Waals surface area contributed by atoms with Gasteiger partial charge in [0.25, 0.3) is 0 Å². The molecule has 3 aromatic carbocycles. The zero-order valence-electron chi connectivity index (χ0n) is 20.1. The minimum absolute atomic E-state index is 0.0342. The van der Waals surface area contributed by atoms with Gasteiger partial charge < -0.3 is 14.4 Å². The summed E-state index contributed by atoms with van der Waals surface area (Å²) in [6.07, 6.45) is -4.54. The van der Waals surface area contributed by atoms with Gasteiger partial charge in [-0.3, -0.25) is 0 Å². The Bertz CT molecular complexity index is 1460. The molecule has 0 spiro atoms. The fourth-order valence-electron chi connectivity index (χ4n) is 4.52. The summed E-state index contributed by atoms with van der Waals surface area (Å²) in [5.41, 5.74) is -0.267. The van der Waals surface area contributed by atoms with Crippen molar-refractivity contribution < 1.29 is 31.1 Å². The van der Waals surface area contributed by atoms with Gasteiger partial charge in [0.05, 0.1) is 23.1 Å². The molecule has 1 fully saturated rings. The van der Waals surface area contributed by atoms with E-state index in [0.717, 1.165) is 12.1 Å². The molecule has 0 amide bonds. The summed E-state index contributed by atoms with van der Waals surface area (Å²) < 4.78 is 79.6. The van der Waals surface area contributed by atoms with E-state index in [-0.39, 0.29) is 36.0 Å². The minimum Gasteiger partial charge on any atom is -0.497 e. The SMILES string of the molecule is COc1ccc2c(c1)C(N1CCN(S(=O)(=O)c3ccccc3)[C@@H](C)C1)=Nc1cc(C(F)(F)F)ccc1O2. The molecule has 194 valence electrons. The Morgan fingerprint density at radius 2 is 1.73 bits per heavy atom. The van der Waals surface area contributed by atoms with Crippen molar-refractivity contribution in [2.24, 2.45) is 4.99 Å². The van der Waals surface area contributed by atoms with Gasteiger partial charge >= 0.3 is 6.18 Å². The molecule has 37 heavy (non-hydrogen) atoms. The number of rotatable bonds is 3. The predicted octanol–water partition coefficient (Wildman–Crippen LogP) is 5.29. The van der Waals surface area contributed by atoms with E-state index in [2.05, 4.69) is 4.99 Å². The van der Waals surface area contributed by atoms with Crippen molar-refractivity contribution in [3.63, 3.8) is 0 Å². The lowest BCUT2D eigenvalue weighted by molar-refractivity contribution is -0.137. The summed E-state index contributed by atoms with van der Waals surface area (Å²) in [7, 11) is -2.21. The number of nitrogens with zero attached hydrogens (tertiary/aromatic N) is 3. The number of hydrogen-bond acceptors (Lipinski definition) is 6. The van der Waals surface area contributed by atoms with Crippen LogP contribution in [0.3, 0.4) is 0 Å². The van der Waals surface area contributed by atoms with Gasteiger partial charge in [-0.2, -0.15) is 17.5 Å². The topological polar surface area (TPSA) is 71.4 Å². The smallest absolute Gasteiger partial charge is 0.416 e. The fraction of sp³-hybridized carbons (Fsp3) is 0.269. The summed E-state index contributed by atoms with van der Waals surface area (Å²) in [5.74, 6) is 1.50. The van der Waals surface area contributed by atoms with Crippen LogP contribution in [-0.2, 0) is 16.2 Å². The number of amidine groups is 1. The number of fused-ring (bicyclic) bond motifs is 2. The Hall–Kier alpha value is -3.57. The van der Waals surface area contributed by atoms with Gasteiger partial charge in [-0.15, -0.1) is 0 Å². The van der Waals surface area contributed by atoms with Crippen LogP contribution in [0.2, 0.25) is 0 Å². The third kappa shape index (κ3) is 4.76. The second-order valence-electron chi connectivity index (χ2n) is 8.80. The molecule has 0 bridgehead atoms. The van der Waals surface area contributed by atoms with Crippen LogP contribution >= 0.6 is 0 Å². The van der Waals surface area contributed by atoms with Gasteiger partial charge in [0.1, 0.15) is 23.0 Å². The highest BCUT2D eigenvalue weighted by atomic mass is 32.2. The van der Waals surface area contributed by atoms with Gasteiger partial charge in [-0.05, 0) is 55.5 Å². The van der Waals surface area contributed by atoms with Crippen molar-refractivity contribution in [1.82, 2.24) is 9.21 Å². The normalized spacial score (nSPS) is 18.2. The first-order valence-electron chi connectivity index (χ1n) is 11.6. The number of aliphatic imine (C=N–C) groups is 1. The Labute approximate surface area is 212 Å². The lowest BCUT2D eigenvalue weighted by atomic mass is 10.1. The minimum atomic E-state index is -4.54. The Kier molecular flexibility index (Phi) is 6.36. The monoisotopic (exact) mass is 531 g/mol. The third-order valence-electron chi connectivity index (χ3n) is 6.38. The van der Waals surface area contributed by atoms with Crippen molar-refractivity contribution in [2.75, 3.05) is 26.7 Å². The molecule has 7 nitrogen and oxygen atoms in total. The molecule has 2 heterocycles. The first kappa shape index (κ1) is 25.1. The quantitative estimate of drug-likeness (QED) is 0.459. The average Bonchev–Trinajstić information content (AvgIpc) is 3.04. The van der Waals surface area contributed by atoms with Crippen LogP contribution in [0.25, 0.3) is 0 Å². The highest BCUT2D eigenvalue weighted by Crippen LogP contribution is 2.42. The van der Waals surface area contributed by atoms with Crippen LogP contribution in [-0.4, -0.2) is 56.2 Å². The highest BCUT2D eigenvalue weighted by Gasteiger charge is 2.37. The molecule has 2 aliphatic heterocycles. The van der Waals surface area contributed by atoms with E-state index in [1.807, 2.05) is 4.90 Å². The molecule has 3 aromatic rings. The average molecular weight is 532 g/mol. The number of hydrogen-bond donors (Lipinski definition) is 0. The van der Waals surface area contributed by atoms with Crippen LogP contribution in [0.15, 0.2) is 76.6 Å². The van der Waals surface area contributed by atoms with E-state index in [9.17, 15) is 21.6 Å². The summed E-state index contributed by atoms with van der Waals surface area (Å²) in [6.45, 7) is 2.52. The molecule has 0 unspecified atom stereocenters. The van der Waals surface area contributed by atoms with E-state index in [1.54, 1.807) is 55.5 Å². The molecule has 0 aromatic heterocycles. The summed E-state index contributed by atoms with van der Waals surface area (Å²) in [5, 5.41) is 0. The Balaban J connectivity index is 1.54. The fourth-order valence-corrected chi connectivity index (χ4v) is 6.15. The van der Waals surface area contributed by atoms with Crippen molar-refractivity contribution in [2.45, 2.75) is 24.0 Å². The molecule has 0 saturated carbocycles. The first-order valence-corrected chi connectivity index (χ1v) is 13.0. The van der Waals surface area contributed by atoms with Gasteiger partial charge in [-0.25, -0.2) is 13.4 Å². The maximum atomic E-state index is 13.4. The summed E-state index contributed by atoms with van der Waals surface area (Å²) in [6, 6.07) is 16.0. The maximum Gasteiger partial charge on any atom is 0.416 e. The molecular formula is C26H24F3N3O4S. The number of sulfonamides is 1. The van der Waals surface area contributed by atoms with Crippen LogP contribution in [0.4, 0.5) is 18.9 Å². The van der Waals surface area contributed by atoms with E-state index in [1.165, 1.54) is 17.5 Å². The predicted molar refractivity (Wildman–Crippen MR) is 132 cm³/mol. The molecule has 0 N–H and O–H groups in total. The van der Waals surface area contributed by atoms with Crippen LogP contribution in [0.5, 0.6) is 17.2 Å². The standard InChI is InChI=1S/C26H24F3N3O4S/c1-17-16-31(12-13-32(17)37(33,34)20-6-4-3-5-7-20)25-21-15-19(35-2)9-11-23(21)36-24-10-8-18(26(27,28)29)14-22(24)30-25/h3-11,14-15,17H,12-13,16H2,1-2H3/t17-/m0/s1. The second-order valence-corrected chi connectivity index (χ2v) is 10.7. The number of ether oxygens (including phenoxy) is 2. The van der Waals surface area contributed by atoms with Crippen LogP contribution in [0, 0.1) is 0 Å².